The van der Waals surface area contributed by atoms with Gasteiger partial charge in [0.2, 0.25) is 0 Å². The molecule has 3 saturated carbocycles. The summed E-state index contributed by atoms with van der Waals surface area (Å²) in [6.45, 7) is 7.14. The number of hydrogen-bond acceptors (Lipinski definition) is 1. The molecule has 1 N–H and O–H groups in total. The number of fused-ring (bicyclic) bond motifs is 5. The number of rotatable bonds is 0. The summed E-state index contributed by atoms with van der Waals surface area (Å²) in [5.41, 5.74) is 2.20. The fourth-order valence-electron chi connectivity index (χ4n) is 6.80. The van der Waals surface area contributed by atoms with Gasteiger partial charge in [-0.25, -0.2) is 0 Å². The van der Waals surface area contributed by atoms with Crippen LogP contribution in [0.1, 0.15) is 78.6 Å². The molecule has 4 aliphatic carbocycles. The van der Waals surface area contributed by atoms with Gasteiger partial charge in [0.25, 0.3) is 0 Å². The zero-order chi connectivity index (χ0) is 14.9. The fraction of sp³-hybridized carbons (Fsp3) is 0.900. The van der Waals surface area contributed by atoms with Crippen LogP contribution < -0.4 is 0 Å². The van der Waals surface area contributed by atoms with Crippen molar-refractivity contribution in [3.05, 3.63) is 11.6 Å². The van der Waals surface area contributed by atoms with E-state index in [2.05, 4.69) is 19.9 Å². The largest absolute Gasteiger partial charge is 0.390 e. The summed E-state index contributed by atoms with van der Waals surface area (Å²) in [6.07, 6.45) is 14.3. The summed E-state index contributed by atoms with van der Waals surface area (Å²) in [6, 6.07) is 0. The highest BCUT2D eigenvalue weighted by atomic mass is 16.3. The van der Waals surface area contributed by atoms with Gasteiger partial charge in [-0.1, -0.05) is 31.9 Å². The van der Waals surface area contributed by atoms with E-state index in [1.807, 2.05) is 6.92 Å². The van der Waals surface area contributed by atoms with Gasteiger partial charge in [-0.2, -0.15) is 0 Å². The van der Waals surface area contributed by atoms with Crippen molar-refractivity contribution in [3.63, 3.8) is 0 Å². The first-order valence-electron chi connectivity index (χ1n) is 9.26. The standard InChI is InChI=1S/C20H32O/c1-18-9-4-5-16(18)15-7-6-14-13-19(2,21)11-12-20(14,3)17(15)8-10-18/h6,15-17,21H,4-5,7-13H2,1-3H3. The van der Waals surface area contributed by atoms with Gasteiger partial charge in [0, 0.05) is 0 Å². The van der Waals surface area contributed by atoms with Crippen LogP contribution in [0.5, 0.6) is 0 Å². The van der Waals surface area contributed by atoms with E-state index in [4.69, 9.17) is 0 Å². The van der Waals surface area contributed by atoms with E-state index in [0.29, 0.717) is 10.8 Å². The second-order valence-corrected chi connectivity index (χ2v) is 9.52. The van der Waals surface area contributed by atoms with E-state index in [9.17, 15) is 5.11 Å². The summed E-state index contributed by atoms with van der Waals surface area (Å²) >= 11 is 0. The molecule has 0 heterocycles. The SMILES string of the molecule is CC1(O)CCC2(C)C(=CCC3C4CCCC4(C)CCC32)C1. The second kappa shape index (κ2) is 4.37. The van der Waals surface area contributed by atoms with Crippen LogP contribution in [0.2, 0.25) is 0 Å². The van der Waals surface area contributed by atoms with Crippen molar-refractivity contribution in [2.45, 2.75) is 84.2 Å². The molecule has 6 atom stereocenters. The molecule has 4 rings (SSSR count). The fourth-order valence-corrected chi connectivity index (χ4v) is 6.80. The van der Waals surface area contributed by atoms with Gasteiger partial charge in [0.1, 0.15) is 0 Å². The van der Waals surface area contributed by atoms with E-state index in [-0.39, 0.29) is 0 Å². The second-order valence-electron chi connectivity index (χ2n) is 9.52. The van der Waals surface area contributed by atoms with Crippen LogP contribution in [0.25, 0.3) is 0 Å². The highest BCUT2D eigenvalue weighted by Gasteiger charge is 2.56. The average Bonchev–Trinajstić information content (AvgIpc) is 2.81. The molecule has 6 unspecified atom stereocenters. The van der Waals surface area contributed by atoms with Gasteiger partial charge >= 0.3 is 0 Å². The molecule has 0 aromatic carbocycles. The number of hydrogen-bond donors (Lipinski definition) is 1. The Hall–Kier alpha value is -0.300. The topological polar surface area (TPSA) is 20.2 Å². The molecule has 1 heteroatoms. The van der Waals surface area contributed by atoms with Crippen LogP contribution >= 0.6 is 0 Å². The minimum atomic E-state index is -0.450. The van der Waals surface area contributed by atoms with Gasteiger partial charge in [-0.05, 0) is 86.9 Å². The molecule has 21 heavy (non-hydrogen) atoms. The Kier molecular flexibility index (Phi) is 2.98. The van der Waals surface area contributed by atoms with Gasteiger partial charge in [0.15, 0.2) is 0 Å². The first-order valence-corrected chi connectivity index (χ1v) is 9.26. The molecular formula is C20H32O. The molecule has 0 aromatic rings. The van der Waals surface area contributed by atoms with Gasteiger partial charge < -0.3 is 5.11 Å². The first-order chi connectivity index (χ1) is 9.84. The smallest absolute Gasteiger partial charge is 0.0657 e. The van der Waals surface area contributed by atoms with Crippen LogP contribution in [0.15, 0.2) is 11.6 Å². The molecule has 118 valence electrons. The Bertz CT molecular complexity index is 476. The summed E-state index contributed by atoms with van der Waals surface area (Å²) in [5, 5.41) is 10.5. The Labute approximate surface area is 130 Å². The van der Waals surface area contributed by atoms with Crippen molar-refractivity contribution in [1.82, 2.24) is 0 Å². The molecule has 0 radical (unpaired) electrons. The predicted molar refractivity (Wildman–Crippen MR) is 86.9 cm³/mol. The first kappa shape index (κ1) is 14.3. The zero-order valence-electron chi connectivity index (χ0n) is 14.1. The summed E-state index contributed by atoms with van der Waals surface area (Å²) < 4.78 is 0. The summed E-state index contributed by atoms with van der Waals surface area (Å²) in [5.74, 6) is 2.81. The van der Waals surface area contributed by atoms with E-state index >= 15 is 0 Å². The van der Waals surface area contributed by atoms with Gasteiger partial charge in [-0.3, -0.25) is 0 Å². The summed E-state index contributed by atoms with van der Waals surface area (Å²) in [4.78, 5) is 0. The van der Waals surface area contributed by atoms with Crippen molar-refractivity contribution >= 4 is 0 Å². The van der Waals surface area contributed by atoms with Crippen molar-refractivity contribution in [1.29, 1.82) is 0 Å². The Morgan fingerprint density at radius 2 is 1.81 bits per heavy atom. The van der Waals surface area contributed by atoms with Crippen molar-refractivity contribution in [2.75, 3.05) is 0 Å². The maximum absolute atomic E-state index is 10.5. The predicted octanol–water partition coefficient (Wildman–Crippen LogP) is 5.09. The molecule has 0 bridgehead atoms. The van der Waals surface area contributed by atoms with E-state index in [1.54, 1.807) is 5.57 Å². The number of allylic oxidation sites excluding steroid dienone is 1. The Balaban J connectivity index is 1.68. The van der Waals surface area contributed by atoms with Crippen LogP contribution in [-0.4, -0.2) is 10.7 Å². The third-order valence-electron chi connectivity index (χ3n) is 8.16. The van der Waals surface area contributed by atoms with Crippen molar-refractivity contribution < 1.29 is 5.11 Å². The molecular weight excluding hydrogens is 256 g/mol. The van der Waals surface area contributed by atoms with E-state index in [1.165, 1.54) is 44.9 Å². The van der Waals surface area contributed by atoms with E-state index < -0.39 is 5.60 Å². The minimum Gasteiger partial charge on any atom is -0.390 e. The Morgan fingerprint density at radius 1 is 1.00 bits per heavy atom. The number of aliphatic hydroxyl groups is 1. The zero-order valence-corrected chi connectivity index (χ0v) is 14.1. The lowest BCUT2D eigenvalue weighted by Crippen LogP contribution is -2.50. The van der Waals surface area contributed by atoms with Gasteiger partial charge in [0.05, 0.1) is 5.60 Å². The lowest BCUT2D eigenvalue weighted by Gasteiger charge is -2.58. The van der Waals surface area contributed by atoms with Crippen molar-refractivity contribution in [3.8, 4) is 0 Å². The van der Waals surface area contributed by atoms with Gasteiger partial charge in [-0.15, -0.1) is 0 Å². The molecule has 0 spiro atoms. The monoisotopic (exact) mass is 288 g/mol. The quantitative estimate of drug-likeness (QED) is 0.616. The third-order valence-corrected chi connectivity index (χ3v) is 8.16. The highest BCUT2D eigenvalue weighted by molar-refractivity contribution is 5.26. The van der Waals surface area contributed by atoms with Crippen LogP contribution in [0, 0.1) is 28.6 Å². The van der Waals surface area contributed by atoms with E-state index in [0.717, 1.165) is 30.6 Å². The normalized spacial score (nSPS) is 56.2. The van der Waals surface area contributed by atoms with Crippen LogP contribution in [0.4, 0.5) is 0 Å². The lowest BCUT2D eigenvalue weighted by molar-refractivity contribution is -0.0562. The molecule has 4 aliphatic rings. The minimum absolute atomic E-state index is 0.398. The average molecular weight is 288 g/mol. The van der Waals surface area contributed by atoms with Crippen LogP contribution in [-0.2, 0) is 0 Å². The maximum Gasteiger partial charge on any atom is 0.0657 e. The lowest BCUT2D eigenvalue weighted by atomic mass is 9.47. The molecule has 0 aliphatic heterocycles. The molecule has 0 saturated heterocycles. The maximum atomic E-state index is 10.5. The molecule has 1 nitrogen and oxygen atoms in total. The molecule has 0 aromatic heterocycles. The summed E-state index contributed by atoms with van der Waals surface area (Å²) in [7, 11) is 0. The molecule has 3 fully saturated rings. The molecule has 0 amide bonds. The van der Waals surface area contributed by atoms with Crippen LogP contribution in [0.3, 0.4) is 0 Å². The third kappa shape index (κ3) is 1.99. The van der Waals surface area contributed by atoms with Crippen molar-refractivity contribution in [2.24, 2.45) is 28.6 Å². The Morgan fingerprint density at radius 3 is 2.62 bits per heavy atom. The highest BCUT2D eigenvalue weighted by Crippen LogP contribution is 2.65.